The fourth-order valence-electron chi connectivity index (χ4n) is 3.98. The number of hydrazine groups is 1. The maximum atomic E-state index is 12.9. The third-order valence-electron chi connectivity index (χ3n) is 5.27. The van der Waals surface area contributed by atoms with Crippen molar-refractivity contribution < 1.29 is 13.2 Å². The van der Waals surface area contributed by atoms with Gasteiger partial charge in [0.05, 0.1) is 12.6 Å². The highest BCUT2D eigenvalue weighted by Crippen LogP contribution is 2.36. The smallest absolute Gasteiger partial charge is 0.348 e. The van der Waals surface area contributed by atoms with Crippen LogP contribution in [0.5, 0.6) is 0 Å². The number of alkyl halides is 3. The number of halogens is 3. The van der Waals surface area contributed by atoms with E-state index in [1.54, 1.807) is 25.4 Å². The lowest BCUT2D eigenvalue weighted by Crippen LogP contribution is -2.45. The van der Waals surface area contributed by atoms with Gasteiger partial charge in [-0.3, -0.25) is 10.3 Å². The first-order chi connectivity index (χ1) is 12.4. The van der Waals surface area contributed by atoms with Crippen LogP contribution in [0.25, 0.3) is 0 Å². The SMILES string of the molecule is Cc1nc(C(F)(F)F)ccc1C1NNC2CCN(Cc3ncc[nH]3)CC21. The first-order valence-corrected chi connectivity index (χ1v) is 8.68. The number of aryl methyl sites for hydroxylation is 1. The lowest BCUT2D eigenvalue weighted by molar-refractivity contribution is -0.141. The number of piperidine rings is 1. The number of imidazole rings is 1. The molecule has 140 valence electrons. The van der Waals surface area contributed by atoms with Crippen molar-refractivity contribution in [2.24, 2.45) is 5.92 Å². The van der Waals surface area contributed by atoms with Crippen LogP contribution in [-0.4, -0.2) is 39.0 Å². The van der Waals surface area contributed by atoms with Crippen LogP contribution < -0.4 is 10.9 Å². The zero-order chi connectivity index (χ0) is 18.3. The molecule has 0 saturated carbocycles. The third kappa shape index (κ3) is 3.34. The number of aromatic amines is 1. The average Bonchev–Trinajstić information content (AvgIpc) is 3.23. The molecule has 4 rings (SSSR count). The first kappa shape index (κ1) is 17.4. The molecule has 2 fully saturated rings. The predicted molar refractivity (Wildman–Crippen MR) is 88.7 cm³/mol. The van der Waals surface area contributed by atoms with Crippen LogP contribution >= 0.6 is 0 Å². The minimum absolute atomic E-state index is 0.0609. The fraction of sp³-hybridized carbons (Fsp3) is 0.529. The number of nitrogens with zero attached hydrogens (tertiary/aromatic N) is 3. The summed E-state index contributed by atoms with van der Waals surface area (Å²) in [6, 6.07) is 2.86. The second-order valence-electron chi connectivity index (χ2n) is 6.97. The Morgan fingerprint density at radius 1 is 1.27 bits per heavy atom. The van der Waals surface area contributed by atoms with Gasteiger partial charge < -0.3 is 4.98 Å². The van der Waals surface area contributed by atoms with Gasteiger partial charge in [-0.1, -0.05) is 6.07 Å². The van der Waals surface area contributed by atoms with Gasteiger partial charge in [-0.05, 0) is 25.0 Å². The molecule has 26 heavy (non-hydrogen) atoms. The predicted octanol–water partition coefficient (Wildman–Crippen LogP) is 2.17. The van der Waals surface area contributed by atoms with Crippen LogP contribution in [0.4, 0.5) is 13.2 Å². The van der Waals surface area contributed by atoms with Crippen LogP contribution in [0, 0.1) is 12.8 Å². The van der Waals surface area contributed by atoms with Crippen LogP contribution in [0.1, 0.15) is 35.2 Å². The van der Waals surface area contributed by atoms with E-state index in [-0.39, 0.29) is 12.0 Å². The Kier molecular flexibility index (Phi) is 4.45. The van der Waals surface area contributed by atoms with Crippen molar-refractivity contribution in [3.05, 3.63) is 47.3 Å². The quantitative estimate of drug-likeness (QED) is 0.777. The summed E-state index contributed by atoms with van der Waals surface area (Å²) in [6.45, 7) is 4.18. The molecule has 2 aliphatic rings. The topological polar surface area (TPSA) is 68.9 Å². The summed E-state index contributed by atoms with van der Waals surface area (Å²) >= 11 is 0. The normalized spacial score (nSPS) is 26.8. The molecular formula is C17H21F3N6. The molecule has 6 nitrogen and oxygen atoms in total. The van der Waals surface area contributed by atoms with Crippen molar-refractivity contribution in [3.63, 3.8) is 0 Å². The van der Waals surface area contributed by atoms with E-state index in [1.807, 2.05) is 0 Å². The maximum absolute atomic E-state index is 12.9. The summed E-state index contributed by atoms with van der Waals surface area (Å²) in [5, 5.41) is 0. The standard InChI is InChI=1S/C17H21F3N6/c1-10-11(2-3-14(23-10)17(18,19)20)16-12-8-26(7-4-13(12)24-25-16)9-15-21-5-6-22-15/h2-3,5-6,12-13,16,24-25H,4,7-9H2,1H3,(H,21,22). The number of pyridine rings is 1. The molecule has 2 aromatic heterocycles. The monoisotopic (exact) mass is 366 g/mol. The minimum atomic E-state index is -4.42. The molecule has 3 unspecified atom stereocenters. The second-order valence-corrected chi connectivity index (χ2v) is 6.97. The lowest BCUT2D eigenvalue weighted by atomic mass is 9.84. The van der Waals surface area contributed by atoms with Crippen LogP contribution in [0.2, 0.25) is 0 Å². The average molecular weight is 366 g/mol. The third-order valence-corrected chi connectivity index (χ3v) is 5.27. The van der Waals surface area contributed by atoms with Crippen molar-refractivity contribution >= 4 is 0 Å². The van der Waals surface area contributed by atoms with E-state index in [0.29, 0.717) is 11.7 Å². The number of rotatable bonds is 3. The van der Waals surface area contributed by atoms with E-state index in [1.165, 1.54) is 0 Å². The summed E-state index contributed by atoms with van der Waals surface area (Å²) in [7, 11) is 0. The van der Waals surface area contributed by atoms with E-state index in [4.69, 9.17) is 0 Å². The highest BCUT2D eigenvalue weighted by atomic mass is 19.4. The molecule has 4 heterocycles. The molecule has 3 atom stereocenters. The first-order valence-electron chi connectivity index (χ1n) is 8.68. The lowest BCUT2D eigenvalue weighted by Gasteiger charge is -2.36. The highest BCUT2D eigenvalue weighted by Gasteiger charge is 2.41. The van der Waals surface area contributed by atoms with Gasteiger partial charge >= 0.3 is 6.18 Å². The largest absolute Gasteiger partial charge is 0.433 e. The number of nitrogens with one attached hydrogen (secondary N) is 3. The van der Waals surface area contributed by atoms with Crippen molar-refractivity contribution in [1.29, 1.82) is 0 Å². The molecule has 2 aromatic rings. The molecule has 2 aliphatic heterocycles. The molecule has 0 bridgehead atoms. The molecule has 0 aromatic carbocycles. The van der Waals surface area contributed by atoms with Crippen LogP contribution in [0.15, 0.2) is 24.5 Å². The maximum Gasteiger partial charge on any atom is 0.433 e. The zero-order valence-corrected chi connectivity index (χ0v) is 14.3. The van der Waals surface area contributed by atoms with Crippen LogP contribution in [-0.2, 0) is 12.7 Å². The number of H-pyrrole nitrogens is 1. The summed E-state index contributed by atoms with van der Waals surface area (Å²) in [4.78, 5) is 13.5. The number of likely N-dealkylation sites (tertiary alicyclic amines) is 1. The van der Waals surface area contributed by atoms with Gasteiger partial charge in [0.1, 0.15) is 11.5 Å². The molecule has 3 N–H and O–H groups in total. The van der Waals surface area contributed by atoms with Gasteiger partial charge in [-0.25, -0.2) is 15.4 Å². The van der Waals surface area contributed by atoms with Crippen LogP contribution in [0.3, 0.4) is 0 Å². The Bertz CT molecular complexity index is 760. The summed E-state index contributed by atoms with van der Waals surface area (Å²) in [5.74, 6) is 1.18. The Morgan fingerprint density at radius 3 is 2.81 bits per heavy atom. The number of hydrogen-bond donors (Lipinski definition) is 3. The van der Waals surface area contributed by atoms with Gasteiger partial charge in [0.25, 0.3) is 0 Å². The van der Waals surface area contributed by atoms with Gasteiger partial charge in [0, 0.05) is 43.1 Å². The summed E-state index contributed by atoms with van der Waals surface area (Å²) in [6.07, 6.45) is 0.0987. The van der Waals surface area contributed by atoms with Crippen molar-refractivity contribution in [2.45, 2.75) is 38.1 Å². The molecule has 0 aliphatic carbocycles. The zero-order valence-electron chi connectivity index (χ0n) is 14.3. The van der Waals surface area contributed by atoms with Crippen molar-refractivity contribution in [2.75, 3.05) is 13.1 Å². The van der Waals surface area contributed by atoms with Crippen molar-refractivity contribution in [3.8, 4) is 0 Å². The fourth-order valence-corrected chi connectivity index (χ4v) is 3.98. The molecule has 9 heteroatoms. The Balaban J connectivity index is 1.52. The van der Waals surface area contributed by atoms with Gasteiger partial charge in [-0.2, -0.15) is 13.2 Å². The van der Waals surface area contributed by atoms with E-state index >= 15 is 0 Å². The number of aromatic nitrogens is 3. The second kappa shape index (κ2) is 6.64. The molecule has 0 spiro atoms. The van der Waals surface area contributed by atoms with Crippen molar-refractivity contribution in [1.82, 2.24) is 30.7 Å². The van der Waals surface area contributed by atoms with E-state index in [2.05, 4.69) is 30.7 Å². The van der Waals surface area contributed by atoms with Gasteiger partial charge in [0.15, 0.2) is 0 Å². The molecule has 0 amide bonds. The summed E-state index contributed by atoms with van der Waals surface area (Å²) < 4.78 is 38.6. The molecule has 0 radical (unpaired) electrons. The summed E-state index contributed by atoms with van der Waals surface area (Å²) in [5.41, 5.74) is 6.97. The Morgan fingerprint density at radius 2 is 2.12 bits per heavy atom. The Hall–Kier alpha value is -1.97. The molecule has 2 saturated heterocycles. The van der Waals surface area contributed by atoms with Gasteiger partial charge in [-0.15, -0.1) is 0 Å². The number of fused-ring (bicyclic) bond motifs is 1. The highest BCUT2D eigenvalue weighted by molar-refractivity contribution is 5.28. The number of hydrogen-bond acceptors (Lipinski definition) is 5. The van der Waals surface area contributed by atoms with E-state index in [9.17, 15) is 13.2 Å². The van der Waals surface area contributed by atoms with E-state index in [0.717, 1.165) is 43.5 Å². The Labute approximate surface area is 149 Å². The van der Waals surface area contributed by atoms with E-state index < -0.39 is 11.9 Å². The molecular weight excluding hydrogens is 345 g/mol. The minimum Gasteiger partial charge on any atom is -0.348 e. The van der Waals surface area contributed by atoms with Gasteiger partial charge in [0.2, 0.25) is 0 Å².